The molecule has 2 amide bonds. The minimum absolute atomic E-state index is 0.0534. The molecule has 0 aliphatic carbocycles. The summed E-state index contributed by atoms with van der Waals surface area (Å²) in [4.78, 5) is 30.4. The van der Waals surface area contributed by atoms with Crippen molar-refractivity contribution in [3.8, 4) is 22.6 Å². The van der Waals surface area contributed by atoms with E-state index in [1.807, 2.05) is 80.7 Å². The van der Waals surface area contributed by atoms with Crippen LogP contribution in [0.25, 0.3) is 27.3 Å². The zero-order valence-corrected chi connectivity index (χ0v) is 24.2. The van der Waals surface area contributed by atoms with E-state index in [0.29, 0.717) is 18.9 Å². The van der Waals surface area contributed by atoms with Crippen LogP contribution in [-0.4, -0.2) is 46.1 Å². The molecule has 2 atom stereocenters. The Morgan fingerprint density at radius 3 is 2.54 bits per heavy atom. The van der Waals surface area contributed by atoms with E-state index in [4.69, 9.17) is 10.5 Å². The number of hydrogen-bond donors (Lipinski definition) is 3. The fourth-order valence-corrected chi connectivity index (χ4v) is 6.74. The number of nitrogens with zero attached hydrogens (tertiary/aromatic N) is 2. The Balaban J connectivity index is 1.29. The number of thiophene rings is 1. The number of anilines is 1. The highest BCUT2D eigenvalue weighted by atomic mass is 32.1. The van der Waals surface area contributed by atoms with Crippen molar-refractivity contribution in [2.75, 3.05) is 18.8 Å². The summed E-state index contributed by atoms with van der Waals surface area (Å²) in [7, 11) is 0. The lowest BCUT2D eigenvalue weighted by molar-refractivity contribution is -0.116. The summed E-state index contributed by atoms with van der Waals surface area (Å²) in [6, 6.07) is 17.3. The van der Waals surface area contributed by atoms with Crippen molar-refractivity contribution < 1.29 is 19.4 Å². The molecule has 0 saturated carbocycles. The molecule has 1 aliphatic heterocycles. The zero-order chi connectivity index (χ0) is 29.1. The van der Waals surface area contributed by atoms with Crippen molar-refractivity contribution in [3.63, 3.8) is 0 Å². The monoisotopic (exact) mass is 570 g/mol. The van der Waals surface area contributed by atoms with E-state index in [-0.39, 0.29) is 23.3 Å². The molecular formula is C32H34N4O4S. The SMILES string of the molecule is CC(C)(C)C1[C@@H](CNC(=O)C=Cc2cnc(N)c3c(-c4ccc(Oc5ccccc5)cc4)csc23)CCN1C(=O)O. The van der Waals surface area contributed by atoms with E-state index in [9.17, 15) is 14.7 Å². The molecule has 0 radical (unpaired) electrons. The van der Waals surface area contributed by atoms with Gasteiger partial charge < -0.3 is 25.8 Å². The predicted octanol–water partition coefficient (Wildman–Crippen LogP) is 6.88. The maximum atomic E-state index is 12.8. The van der Waals surface area contributed by atoms with Gasteiger partial charge in [0.15, 0.2) is 0 Å². The maximum absolute atomic E-state index is 12.8. The number of nitrogen functional groups attached to an aromatic ring is 1. The predicted molar refractivity (Wildman–Crippen MR) is 164 cm³/mol. The van der Waals surface area contributed by atoms with E-state index < -0.39 is 6.09 Å². The lowest BCUT2D eigenvalue weighted by Crippen LogP contribution is -2.47. The number of para-hydroxylation sites is 1. The highest BCUT2D eigenvalue weighted by molar-refractivity contribution is 7.18. The Bertz CT molecular complexity index is 1580. The second-order valence-corrected chi connectivity index (χ2v) is 12.2. The fourth-order valence-electron chi connectivity index (χ4n) is 5.66. The zero-order valence-electron chi connectivity index (χ0n) is 23.3. The molecule has 2 aromatic heterocycles. The van der Waals surface area contributed by atoms with E-state index >= 15 is 0 Å². The Labute approximate surface area is 243 Å². The standard InChI is InChI=1S/C32H34N4O4S/c1-32(2,3)29-22(15-16-36(29)31(38)39)18-34-26(37)14-11-21-17-35-30(33)27-25(19-41-28(21)27)20-9-12-24(13-10-20)40-23-7-5-4-6-8-23/h4-14,17,19,22,29H,15-16,18H2,1-3H3,(H2,33,35)(H,34,37)(H,38,39)/t22-,29?/m1/s1. The van der Waals surface area contributed by atoms with Gasteiger partial charge in [0.25, 0.3) is 0 Å². The number of rotatable bonds is 7. The van der Waals surface area contributed by atoms with Crippen molar-refractivity contribution in [1.82, 2.24) is 15.2 Å². The number of carbonyl (C=O) groups is 2. The number of fused-ring (bicyclic) bond motifs is 1. The topological polar surface area (TPSA) is 118 Å². The van der Waals surface area contributed by atoms with Gasteiger partial charge in [0, 0.05) is 52.6 Å². The van der Waals surface area contributed by atoms with Gasteiger partial charge in [0.1, 0.15) is 17.3 Å². The van der Waals surface area contributed by atoms with Crippen molar-refractivity contribution in [3.05, 3.63) is 77.8 Å². The van der Waals surface area contributed by atoms with Gasteiger partial charge in [-0.3, -0.25) is 4.79 Å². The van der Waals surface area contributed by atoms with Crippen LogP contribution in [0, 0.1) is 11.3 Å². The van der Waals surface area contributed by atoms with Crippen LogP contribution in [0.1, 0.15) is 32.8 Å². The Morgan fingerprint density at radius 1 is 1.15 bits per heavy atom. The minimum Gasteiger partial charge on any atom is -0.465 e. The summed E-state index contributed by atoms with van der Waals surface area (Å²) < 4.78 is 6.86. The van der Waals surface area contributed by atoms with Crippen LogP contribution < -0.4 is 15.8 Å². The molecule has 3 heterocycles. The number of nitrogens with two attached hydrogens (primary N) is 1. The molecule has 1 fully saturated rings. The summed E-state index contributed by atoms with van der Waals surface area (Å²) in [5.41, 5.74) is 8.85. The summed E-state index contributed by atoms with van der Waals surface area (Å²) in [5.74, 6) is 1.76. The molecule has 212 valence electrons. The third-order valence-electron chi connectivity index (χ3n) is 7.41. The normalized spacial score (nSPS) is 17.3. The molecule has 41 heavy (non-hydrogen) atoms. The van der Waals surface area contributed by atoms with Crippen LogP contribution in [-0.2, 0) is 4.79 Å². The molecule has 4 aromatic rings. The summed E-state index contributed by atoms with van der Waals surface area (Å²) in [6.07, 6.45) is 4.73. The highest BCUT2D eigenvalue weighted by Gasteiger charge is 2.43. The molecule has 1 saturated heterocycles. The molecule has 2 aromatic carbocycles. The van der Waals surface area contributed by atoms with E-state index in [0.717, 1.165) is 44.7 Å². The van der Waals surface area contributed by atoms with Gasteiger partial charge in [-0.1, -0.05) is 51.1 Å². The molecule has 1 aliphatic rings. The largest absolute Gasteiger partial charge is 0.465 e. The number of ether oxygens (including phenoxy) is 1. The molecule has 0 spiro atoms. The fraction of sp³-hybridized carbons (Fsp3) is 0.281. The lowest BCUT2D eigenvalue weighted by Gasteiger charge is -2.37. The van der Waals surface area contributed by atoms with Crippen molar-refractivity contribution in [1.29, 1.82) is 0 Å². The van der Waals surface area contributed by atoms with Crippen LogP contribution in [0.3, 0.4) is 0 Å². The molecule has 8 nitrogen and oxygen atoms in total. The summed E-state index contributed by atoms with van der Waals surface area (Å²) in [6.45, 7) is 7.00. The van der Waals surface area contributed by atoms with Gasteiger partial charge in [-0.05, 0) is 59.0 Å². The first-order valence-corrected chi connectivity index (χ1v) is 14.4. The second kappa shape index (κ2) is 11.6. The number of hydrogen-bond acceptors (Lipinski definition) is 6. The van der Waals surface area contributed by atoms with Crippen molar-refractivity contribution in [2.45, 2.75) is 33.2 Å². The Morgan fingerprint density at radius 2 is 1.85 bits per heavy atom. The number of carboxylic acid groups (broad SMARTS) is 1. The van der Waals surface area contributed by atoms with Gasteiger partial charge in [-0.2, -0.15) is 0 Å². The summed E-state index contributed by atoms with van der Waals surface area (Å²) >= 11 is 1.55. The van der Waals surface area contributed by atoms with Crippen molar-refractivity contribution >= 4 is 45.3 Å². The molecule has 4 N–H and O–H groups in total. The lowest BCUT2D eigenvalue weighted by atomic mass is 9.79. The number of pyridine rings is 1. The quantitative estimate of drug-likeness (QED) is 0.209. The molecule has 9 heteroatoms. The van der Waals surface area contributed by atoms with Crippen LogP contribution >= 0.6 is 11.3 Å². The number of carbonyl (C=O) groups excluding carboxylic acids is 1. The van der Waals surface area contributed by atoms with Gasteiger partial charge >= 0.3 is 6.09 Å². The van der Waals surface area contributed by atoms with Crippen LogP contribution in [0.4, 0.5) is 10.6 Å². The average molecular weight is 571 g/mol. The summed E-state index contributed by atoms with van der Waals surface area (Å²) in [5, 5.41) is 15.5. The van der Waals surface area contributed by atoms with Crippen molar-refractivity contribution in [2.24, 2.45) is 11.3 Å². The maximum Gasteiger partial charge on any atom is 0.407 e. The third-order valence-corrected chi connectivity index (χ3v) is 8.43. The third kappa shape index (κ3) is 6.20. The van der Waals surface area contributed by atoms with Gasteiger partial charge in [0.2, 0.25) is 5.91 Å². The molecule has 0 bridgehead atoms. The first kappa shape index (κ1) is 28.2. The first-order chi connectivity index (χ1) is 19.6. The van der Waals surface area contributed by atoms with Crippen LogP contribution in [0.5, 0.6) is 11.5 Å². The van der Waals surface area contributed by atoms with Gasteiger partial charge in [-0.25, -0.2) is 9.78 Å². The Kier molecular flexibility index (Phi) is 7.99. The van der Waals surface area contributed by atoms with E-state index in [1.54, 1.807) is 23.6 Å². The molecular weight excluding hydrogens is 536 g/mol. The average Bonchev–Trinajstić information content (AvgIpc) is 3.59. The molecule has 1 unspecified atom stereocenters. The highest BCUT2D eigenvalue weighted by Crippen LogP contribution is 2.40. The van der Waals surface area contributed by atoms with E-state index in [2.05, 4.69) is 10.3 Å². The molecule has 5 rings (SSSR count). The first-order valence-electron chi connectivity index (χ1n) is 13.6. The number of likely N-dealkylation sites (tertiary alicyclic amines) is 1. The Hall–Kier alpha value is -4.37. The van der Waals surface area contributed by atoms with Gasteiger partial charge in [0.05, 0.1) is 0 Å². The minimum atomic E-state index is -0.912. The van der Waals surface area contributed by atoms with Gasteiger partial charge in [-0.15, -0.1) is 11.3 Å². The van der Waals surface area contributed by atoms with E-state index in [1.165, 1.54) is 11.0 Å². The second-order valence-electron chi connectivity index (χ2n) is 11.3. The number of amides is 2. The smallest absolute Gasteiger partial charge is 0.407 e. The van der Waals surface area contributed by atoms with Crippen LogP contribution in [0.15, 0.2) is 72.3 Å². The number of nitrogens with one attached hydrogen (secondary N) is 1. The number of benzene rings is 2. The number of aromatic nitrogens is 1. The van der Waals surface area contributed by atoms with Crippen LogP contribution in [0.2, 0.25) is 0 Å².